The van der Waals surface area contributed by atoms with Crippen molar-refractivity contribution in [3.63, 3.8) is 0 Å². The second-order valence-electron chi connectivity index (χ2n) is 5.06. The smallest absolute Gasteiger partial charge is 0.257 e. The number of hydrogen-bond donors (Lipinski definition) is 1. The van der Waals surface area contributed by atoms with Gasteiger partial charge >= 0.3 is 0 Å². The molecule has 5 heteroatoms. The largest absolute Gasteiger partial charge is 0.396 e. The van der Waals surface area contributed by atoms with E-state index in [4.69, 9.17) is 5.73 Å². The van der Waals surface area contributed by atoms with Gasteiger partial charge in [0, 0.05) is 13.1 Å². The Morgan fingerprint density at radius 2 is 1.89 bits per heavy atom. The minimum atomic E-state index is -0.839. The lowest BCUT2D eigenvalue weighted by atomic mass is 9.94. The van der Waals surface area contributed by atoms with Crippen molar-refractivity contribution in [3.05, 3.63) is 29.3 Å². The van der Waals surface area contributed by atoms with Crippen molar-refractivity contribution in [2.45, 2.75) is 38.1 Å². The maximum Gasteiger partial charge on any atom is 0.257 e. The zero-order valence-electron chi connectivity index (χ0n) is 11.0. The molecule has 3 nitrogen and oxygen atoms in total. The molecule has 0 atom stereocenters. The number of carbonyl (C=O) groups is 1. The Hall–Kier alpha value is -1.65. The molecule has 0 heterocycles. The van der Waals surface area contributed by atoms with Gasteiger partial charge < -0.3 is 10.6 Å². The van der Waals surface area contributed by atoms with Crippen molar-refractivity contribution in [2.24, 2.45) is 0 Å². The molecule has 2 N–H and O–H groups in total. The van der Waals surface area contributed by atoms with Gasteiger partial charge in [0.25, 0.3) is 5.91 Å². The molecular formula is C14H18F2N2O. The summed E-state index contributed by atoms with van der Waals surface area (Å²) in [6.07, 6.45) is 5.12. The van der Waals surface area contributed by atoms with Crippen molar-refractivity contribution in [1.82, 2.24) is 4.90 Å². The highest BCUT2D eigenvalue weighted by atomic mass is 19.1. The van der Waals surface area contributed by atoms with Gasteiger partial charge in [0.15, 0.2) is 5.82 Å². The van der Waals surface area contributed by atoms with Crippen molar-refractivity contribution < 1.29 is 13.6 Å². The Morgan fingerprint density at radius 1 is 1.26 bits per heavy atom. The first-order valence-electron chi connectivity index (χ1n) is 6.52. The topological polar surface area (TPSA) is 46.3 Å². The van der Waals surface area contributed by atoms with Crippen molar-refractivity contribution in [3.8, 4) is 0 Å². The number of benzene rings is 1. The number of hydrogen-bond acceptors (Lipinski definition) is 2. The highest BCUT2D eigenvalue weighted by molar-refractivity contribution is 5.95. The zero-order chi connectivity index (χ0) is 14.0. The second kappa shape index (κ2) is 5.55. The SMILES string of the molecule is CN(C(=O)c1cc(F)cc(N)c1F)C1CCCCC1. The maximum absolute atomic E-state index is 13.8. The third kappa shape index (κ3) is 2.85. The van der Waals surface area contributed by atoms with Crippen LogP contribution in [0.1, 0.15) is 42.5 Å². The molecule has 104 valence electrons. The van der Waals surface area contributed by atoms with Crippen LogP contribution in [0.3, 0.4) is 0 Å². The van der Waals surface area contributed by atoms with Crippen LogP contribution < -0.4 is 5.73 Å². The van der Waals surface area contributed by atoms with Crippen molar-refractivity contribution in [1.29, 1.82) is 0 Å². The van der Waals surface area contributed by atoms with Crippen LogP contribution >= 0.6 is 0 Å². The van der Waals surface area contributed by atoms with Crippen LogP contribution in [-0.2, 0) is 0 Å². The molecule has 0 saturated heterocycles. The molecule has 0 bridgehead atoms. The molecule has 1 aromatic carbocycles. The van der Waals surface area contributed by atoms with E-state index < -0.39 is 17.5 Å². The summed E-state index contributed by atoms with van der Waals surface area (Å²) in [4.78, 5) is 13.7. The summed E-state index contributed by atoms with van der Waals surface area (Å²) in [5.74, 6) is -2.04. The van der Waals surface area contributed by atoms with Gasteiger partial charge in [-0.25, -0.2) is 8.78 Å². The number of amides is 1. The van der Waals surface area contributed by atoms with Crippen LogP contribution in [0.25, 0.3) is 0 Å². The summed E-state index contributed by atoms with van der Waals surface area (Å²) < 4.78 is 27.1. The highest BCUT2D eigenvalue weighted by Crippen LogP contribution is 2.25. The molecule has 0 aliphatic heterocycles. The molecule has 1 aliphatic rings. The molecule has 1 fully saturated rings. The van der Waals surface area contributed by atoms with Crippen LogP contribution in [0.5, 0.6) is 0 Å². The van der Waals surface area contributed by atoms with Gasteiger partial charge in [0.05, 0.1) is 11.3 Å². The van der Waals surface area contributed by atoms with Gasteiger partial charge in [-0.3, -0.25) is 4.79 Å². The zero-order valence-corrected chi connectivity index (χ0v) is 11.0. The van der Waals surface area contributed by atoms with E-state index in [1.165, 1.54) is 11.3 Å². The average molecular weight is 268 g/mol. The molecule has 0 aromatic heterocycles. The minimum Gasteiger partial charge on any atom is -0.396 e. The molecule has 1 aromatic rings. The van der Waals surface area contributed by atoms with E-state index in [0.717, 1.165) is 37.8 Å². The van der Waals surface area contributed by atoms with Crippen molar-refractivity contribution >= 4 is 11.6 Å². The first-order chi connectivity index (χ1) is 9.00. The van der Waals surface area contributed by atoms with E-state index in [-0.39, 0.29) is 17.3 Å². The molecule has 0 spiro atoms. The fourth-order valence-corrected chi connectivity index (χ4v) is 2.59. The number of halogens is 2. The lowest BCUT2D eigenvalue weighted by molar-refractivity contribution is 0.0691. The lowest BCUT2D eigenvalue weighted by Gasteiger charge is -2.31. The number of rotatable bonds is 2. The number of anilines is 1. The predicted octanol–water partition coefficient (Wildman–Crippen LogP) is 2.95. The molecule has 1 saturated carbocycles. The molecule has 19 heavy (non-hydrogen) atoms. The van der Waals surface area contributed by atoms with Crippen LogP contribution in [0.2, 0.25) is 0 Å². The summed E-state index contributed by atoms with van der Waals surface area (Å²) in [7, 11) is 1.64. The van der Waals surface area contributed by atoms with E-state index >= 15 is 0 Å². The van der Waals surface area contributed by atoms with Gasteiger partial charge in [-0.1, -0.05) is 19.3 Å². The average Bonchev–Trinajstić information content (AvgIpc) is 2.42. The highest BCUT2D eigenvalue weighted by Gasteiger charge is 2.26. The third-order valence-corrected chi connectivity index (χ3v) is 3.74. The first kappa shape index (κ1) is 13.8. The maximum atomic E-state index is 13.8. The third-order valence-electron chi connectivity index (χ3n) is 3.74. The summed E-state index contributed by atoms with van der Waals surface area (Å²) in [5.41, 5.74) is 4.73. The van der Waals surface area contributed by atoms with Gasteiger partial charge in [0.2, 0.25) is 0 Å². The summed E-state index contributed by atoms with van der Waals surface area (Å²) in [5, 5.41) is 0. The molecule has 1 aliphatic carbocycles. The molecule has 0 radical (unpaired) electrons. The number of nitrogen functional groups attached to an aromatic ring is 1. The van der Waals surface area contributed by atoms with E-state index in [1.807, 2.05) is 0 Å². The van der Waals surface area contributed by atoms with Gasteiger partial charge in [-0.15, -0.1) is 0 Å². The van der Waals surface area contributed by atoms with E-state index in [1.54, 1.807) is 7.05 Å². The van der Waals surface area contributed by atoms with E-state index in [9.17, 15) is 13.6 Å². The van der Waals surface area contributed by atoms with Gasteiger partial charge in [0.1, 0.15) is 5.82 Å². The second-order valence-corrected chi connectivity index (χ2v) is 5.06. The molecule has 2 rings (SSSR count). The fraction of sp³-hybridized carbons (Fsp3) is 0.500. The number of nitrogens with two attached hydrogens (primary N) is 1. The first-order valence-corrected chi connectivity index (χ1v) is 6.52. The Balaban J connectivity index is 2.23. The molecule has 1 amide bonds. The summed E-state index contributed by atoms with van der Waals surface area (Å²) >= 11 is 0. The minimum absolute atomic E-state index is 0.102. The van der Waals surface area contributed by atoms with E-state index in [0.29, 0.717) is 0 Å². The van der Waals surface area contributed by atoms with Crippen LogP contribution in [0.15, 0.2) is 12.1 Å². The van der Waals surface area contributed by atoms with Crippen molar-refractivity contribution in [2.75, 3.05) is 12.8 Å². The van der Waals surface area contributed by atoms with Crippen LogP contribution in [-0.4, -0.2) is 23.9 Å². The Labute approximate surface area is 111 Å². The quantitative estimate of drug-likeness (QED) is 0.838. The fourth-order valence-electron chi connectivity index (χ4n) is 2.59. The Bertz CT molecular complexity index is 485. The molecule has 0 unspecified atom stereocenters. The lowest BCUT2D eigenvalue weighted by Crippen LogP contribution is -2.38. The number of carbonyl (C=O) groups excluding carboxylic acids is 1. The van der Waals surface area contributed by atoms with E-state index in [2.05, 4.69) is 0 Å². The standard InChI is InChI=1S/C14H18F2N2O/c1-18(10-5-3-2-4-6-10)14(19)11-7-9(15)8-12(17)13(11)16/h7-8,10H,2-6,17H2,1H3. The normalized spacial score (nSPS) is 16.4. The van der Waals surface area contributed by atoms with Gasteiger partial charge in [-0.2, -0.15) is 0 Å². The summed E-state index contributed by atoms with van der Waals surface area (Å²) in [6, 6.07) is 1.89. The predicted molar refractivity (Wildman–Crippen MR) is 69.7 cm³/mol. The van der Waals surface area contributed by atoms with Crippen LogP contribution in [0, 0.1) is 11.6 Å². The summed E-state index contributed by atoms with van der Waals surface area (Å²) in [6.45, 7) is 0. The molecular weight excluding hydrogens is 250 g/mol. The van der Waals surface area contributed by atoms with Gasteiger partial charge in [-0.05, 0) is 25.0 Å². The number of nitrogens with zero attached hydrogens (tertiary/aromatic N) is 1. The van der Waals surface area contributed by atoms with Crippen LogP contribution in [0.4, 0.5) is 14.5 Å². The Morgan fingerprint density at radius 3 is 2.53 bits per heavy atom. The monoisotopic (exact) mass is 268 g/mol. The Kier molecular flexibility index (Phi) is 4.02.